The summed E-state index contributed by atoms with van der Waals surface area (Å²) in [6.07, 6.45) is 9.83. The summed E-state index contributed by atoms with van der Waals surface area (Å²) in [7, 11) is 0. The Bertz CT molecular complexity index is 769. The molecule has 4 rings (SSSR count). The molecule has 0 bridgehead atoms. The number of allylic oxidation sites excluding steroid dienone is 1. The highest BCUT2D eigenvalue weighted by Gasteiger charge is 2.53. The molecule has 0 saturated carbocycles. The molecule has 0 radical (unpaired) electrons. The molecule has 2 fully saturated rings. The summed E-state index contributed by atoms with van der Waals surface area (Å²) in [5.74, 6) is 0. The average Bonchev–Trinajstić information content (AvgIpc) is 3.25. The molecular formula is C25H31NO. The maximum atomic E-state index is 6.68. The van der Waals surface area contributed by atoms with Gasteiger partial charge in [0.15, 0.2) is 0 Å². The van der Waals surface area contributed by atoms with Gasteiger partial charge in [-0.05, 0) is 49.3 Å². The number of hydrogen-bond acceptors (Lipinski definition) is 2. The van der Waals surface area contributed by atoms with Crippen LogP contribution in [0.3, 0.4) is 0 Å². The largest absolute Gasteiger partial charge is 0.285 e. The van der Waals surface area contributed by atoms with E-state index in [1.807, 2.05) is 0 Å². The molecule has 0 spiro atoms. The van der Waals surface area contributed by atoms with Gasteiger partial charge in [0.1, 0.15) is 6.10 Å². The Hall–Kier alpha value is -1.90. The maximum absolute atomic E-state index is 6.68. The molecule has 0 aromatic heterocycles. The molecule has 0 aliphatic carbocycles. The topological polar surface area (TPSA) is 12.5 Å². The fourth-order valence-electron chi connectivity index (χ4n) is 4.69. The summed E-state index contributed by atoms with van der Waals surface area (Å²) in [4.78, 5) is 6.68. The van der Waals surface area contributed by atoms with E-state index in [-0.39, 0.29) is 11.6 Å². The first-order valence-corrected chi connectivity index (χ1v) is 10.5. The van der Waals surface area contributed by atoms with Gasteiger partial charge in [-0.25, -0.2) is 0 Å². The summed E-state index contributed by atoms with van der Waals surface area (Å²) in [5.41, 5.74) is 4.03. The fourth-order valence-corrected chi connectivity index (χ4v) is 4.69. The number of nitrogens with zero attached hydrogens (tertiary/aromatic N) is 1. The van der Waals surface area contributed by atoms with Crippen LogP contribution in [-0.2, 0) is 10.4 Å². The van der Waals surface area contributed by atoms with Gasteiger partial charge >= 0.3 is 0 Å². The highest BCUT2D eigenvalue weighted by molar-refractivity contribution is 5.35. The van der Waals surface area contributed by atoms with Crippen molar-refractivity contribution in [1.29, 1.82) is 0 Å². The van der Waals surface area contributed by atoms with Crippen LogP contribution in [0.15, 0.2) is 72.3 Å². The molecule has 2 nitrogen and oxygen atoms in total. The summed E-state index contributed by atoms with van der Waals surface area (Å²) in [5, 5.41) is 2.31. The Kier molecular flexibility index (Phi) is 5.47. The molecule has 2 aliphatic rings. The van der Waals surface area contributed by atoms with Crippen LogP contribution >= 0.6 is 0 Å². The lowest BCUT2D eigenvalue weighted by molar-refractivity contribution is -0.207. The number of benzene rings is 2. The van der Waals surface area contributed by atoms with Crippen LogP contribution in [-0.4, -0.2) is 11.1 Å². The van der Waals surface area contributed by atoms with Crippen LogP contribution in [0.5, 0.6) is 0 Å². The first-order valence-electron chi connectivity index (χ1n) is 10.5. The van der Waals surface area contributed by atoms with Gasteiger partial charge in [-0.2, -0.15) is 5.06 Å². The smallest absolute Gasteiger partial charge is 0.127 e. The zero-order chi connectivity index (χ0) is 18.7. The zero-order valence-corrected chi connectivity index (χ0v) is 16.6. The van der Waals surface area contributed by atoms with Crippen molar-refractivity contribution >= 4 is 0 Å². The molecule has 27 heavy (non-hydrogen) atoms. The summed E-state index contributed by atoms with van der Waals surface area (Å²) < 4.78 is 0. The van der Waals surface area contributed by atoms with E-state index in [1.165, 1.54) is 36.0 Å². The second kappa shape index (κ2) is 8.00. The van der Waals surface area contributed by atoms with Crippen molar-refractivity contribution < 1.29 is 4.84 Å². The molecule has 142 valence electrons. The third-order valence-electron chi connectivity index (χ3n) is 6.27. The van der Waals surface area contributed by atoms with Crippen LogP contribution in [0.25, 0.3) is 0 Å². The second-order valence-corrected chi connectivity index (χ2v) is 8.12. The van der Waals surface area contributed by atoms with Crippen molar-refractivity contribution in [2.45, 2.75) is 70.1 Å². The van der Waals surface area contributed by atoms with Crippen LogP contribution in [0.4, 0.5) is 0 Å². The van der Waals surface area contributed by atoms with Crippen molar-refractivity contribution in [3.05, 3.63) is 83.4 Å². The second-order valence-electron chi connectivity index (χ2n) is 8.12. The Labute approximate surface area is 163 Å². The first kappa shape index (κ1) is 18.5. The summed E-state index contributed by atoms with van der Waals surface area (Å²) in [6.45, 7) is 4.60. The van der Waals surface area contributed by atoms with Gasteiger partial charge in [0, 0.05) is 0 Å². The monoisotopic (exact) mass is 361 g/mol. The SMILES string of the molecule is CCCCC/C=C1\[C@H](c2ccccc2)ON2[C@H]1CC[C@@]2(C)c1ccccc1. The van der Waals surface area contributed by atoms with Crippen LogP contribution < -0.4 is 0 Å². The highest BCUT2D eigenvalue weighted by atomic mass is 16.7. The van der Waals surface area contributed by atoms with Crippen LogP contribution in [0, 0.1) is 0 Å². The first-order chi connectivity index (χ1) is 13.2. The molecule has 2 heteroatoms. The lowest BCUT2D eigenvalue weighted by Gasteiger charge is -2.34. The molecule has 2 aromatic carbocycles. The number of unbranched alkanes of at least 4 members (excludes halogenated alkanes) is 3. The van der Waals surface area contributed by atoms with Gasteiger partial charge < -0.3 is 0 Å². The van der Waals surface area contributed by atoms with Crippen LogP contribution in [0.1, 0.15) is 69.6 Å². The normalized spacial score (nSPS) is 29.3. The lowest BCUT2D eigenvalue weighted by Crippen LogP contribution is -2.39. The van der Waals surface area contributed by atoms with Crippen molar-refractivity contribution in [1.82, 2.24) is 5.06 Å². The van der Waals surface area contributed by atoms with Crippen LogP contribution in [0.2, 0.25) is 0 Å². The van der Waals surface area contributed by atoms with Crippen molar-refractivity contribution in [2.75, 3.05) is 0 Å². The molecule has 0 amide bonds. The number of rotatable bonds is 6. The average molecular weight is 362 g/mol. The summed E-state index contributed by atoms with van der Waals surface area (Å²) in [6, 6.07) is 22.0. The lowest BCUT2D eigenvalue weighted by atomic mass is 9.90. The minimum absolute atomic E-state index is 0.0566. The molecule has 2 heterocycles. The van der Waals surface area contributed by atoms with E-state index in [0.29, 0.717) is 6.04 Å². The van der Waals surface area contributed by atoms with Crippen molar-refractivity contribution in [3.63, 3.8) is 0 Å². The number of fused-ring (bicyclic) bond motifs is 1. The fraction of sp³-hybridized carbons (Fsp3) is 0.440. The quantitative estimate of drug-likeness (QED) is 0.427. The van der Waals surface area contributed by atoms with Crippen molar-refractivity contribution in [3.8, 4) is 0 Å². The predicted molar refractivity (Wildman–Crippen MR) is 111 cm³/mol. The van der Waals surface area contributed by atoms with E-state index in [9.17, 15) is 0 Å². The minimum Gasteiger partial charge on any atom is -0.285 e. The maximum Gasteiger partial charge on any atom is 0.127 e. The molecule has 2 saturated heterocycles. The standard InChI is InChI=1S/C25H31NO/c1-3-4-5-12-17-22-23-18-19-25(2,21-15-10-7-11-16-21)26(23)27-24(22)20-13-8-6-9-14-20/h6-11,13-17,23-24H,3-5,12,18-19H2,1-2H3/b22-17-/t23-,24-,25-/m0/s1. The van der Waals surface area contributed by atoms with Gasteiger partial charge in [-0.1, -0.05) is 86.5 Å². The predicted octanol–water partition coefficient (Wildman–Crippen LogP) is 6.56. The van der Waals surface area contributed by atoms with E-state index < -0.39 is 0 Å². The Morgan fingerprint density at radius 1 is 1.04 bits per heavy atom. The van der Waals surface area contributed by atoms with E-state index in [4.69, 9.17) is 4.84 Å². The molecular weight excluding hydrogens is 330 g/mol. The Balaban J connectivity index is 1.65. The molecule has 3 atom stereocenters. The third kappa shape index (κ3) is 3.49. The van der Waals surface area contributed by atoms with E-state index in [2.05, 4.69) is 85.7 Å². The van der Waals surface area contributed by atoms with E-state index >= 15 is 0 Å². The summed E-state index contributed by atoms with van der Waals surface area (Å²) >= 11 is 0. The third-order valence-corrected chi connectivity index (χ3v) is 6.27. The molecule has 2 aliphatic heterocycles. The van der Waals surface area contributed by atoms with Crippen molar-refractivity contribution in [2.24, 2.45) is 0 Å². The molecule has 0 unspecified atom stereocenters. The Morgan fingerprint density at radius 3 is 2.44 bits per heavy atom. The zero-order valence-electron chi connectivity index (χ0n) is 16.6. The van der Waals surface area contributed by atoms with Gasteiger partial charge in [0.25, 0.3) is 0 Å². The molecule has 2 aromatic rings. The van der Waals surface area contributed by atoms with Gasteiger partial charge in [0.2, 0.25) is 0 Å². The Morgan fingerprint density at radius 2 is 1.74 bits per heavy atom. The number of hydrogen-bond donors (Lipinski definition) is 0. The highest BCUT2D eigenvalue weighted by Crippen LogP contribution is 2.52. The molecule has 0 N–H and O–H groups in total. The van der Waals surface area contributed by atoms with E-state index in [0.717, 1.165) is 19.3 Å². The van der Waals surface area contributed by atoms with E-state index in [1.54, 1.807) is 0 Å². The van der Waals surface area contributed by atoms with Gasteiger partial charge in [-0.3, -0.25) is 4.84 Å². The van der Waals surface area contributed by atoms with Gasteiger partial charge in [-0.15, -0.1) is 0 Å². The number of hydroxylamine groups is 2. The van der Waals surface area contributed by atoms with Gasteiger partial charge in [0.05, 0.1) is 11.6 Å². The minimum atomic E-state index is -0.0576.